The molecule has 10 nitrogen and oxygen atoms in total. The second kappa shape index (κ2) is 10.1. The molecule has 0 aromatic heterocycles. The number of carbonyl (C=O) groups excluding carboxylic acids is 2. The van der Waals surface area contributed by atoms with Crippen molar-refractivity contribution in [1.29, 1.82) is 0 Å². The normalized spacial score (nSPS) is 10.8. The first kappa shape index (κ1) is 24.4. The fraction of sp³-hybridized carbons (Fsp3) is 0.130. The quantitative estimate of drug-likeness (QED) is 0.363. The first-order chi connectivity index (χ1) is 16.2. The molecule has 0 aliphatic carbocycles. The topological polar surface area (TPSA) is 137 Å². The summed E-state index contributed by atoms with van der Waals surface area (Å²) in [6, 6.07) is 14.2. The van der Waals surface area contributed by atoms with Gasteiger partial charge in [0.15, 0.2) is 0 Å². The van der Waals surface area contributed by atoms with Crippen molar-refractivity contribution in [2.45, 2.75) is 11.8 Å². The molecule has 0 atom stereocenters. The summed E-state index contributed by atoms with van der Waals surface area (Å²) in [6.45, 7) is 1.83. The van der Waals surface area contributed by atoms with E-state index in [9.17, 15) is 22.9 Å². The second-order valence-corrected chi connectivity index (χ2v) is 8.66. The number of hydrogen-bond donors (Lipinski definition) is 1. The van der Waals surface area contributed by atoms with Crippen molar-refractivity contribution >= 4 is 33.3 Å². The lowest BCUT2D eigenvalue weighted by molar-refractivity contribution is 0.0593. The van der Waals surface area contributed by atoms with Crippen LogP contribution in [0.4, 0.5) is 11.4 Å². The minimum atomic E-state index is -3.98. The maximum absolute atomic E-state index is 12.8. The maximum Gasteiger partial charge on any atom is 0.340 e. The summed E-state index contributed by atoms with van der Waals surface area (Å²) in [5.41, 5.74) is 0.537. The van der Waals surface area contributed by atoms with Gasteiger partial charge in [-0.1, -0.05) is 17.7 Å². The molecule has 0 aliphatic rings. The third-order valence-electron chi connectivity index (χ3n) is 4.68. The summed E-state index contributed by atoms with van der Waals surface area (Å²) in [5.74, 6) is -1.29. The molecular formula is C23H20N2O8S. The minimum Gasteiger partial charge on any atom is -0.465 e. The molecule has 1 N–H and O–H groups in total. The molecule has 34 heavy (non-hydrogen) atoms. The van der Waals surface area contributed by atoms with E-state index in [1.165, 1.54) is 48.5 Å². The second-order valence-electron chi connectivity index (χ2n) is 6.98. The van der Waals surface area contributed by atoms with Crippen LogP contribution in [0.5, 0.6) is 11.5 Å². The van der Waals surface area contributed by atoms with Gasteiger partial charge in [-0.2, -0.15) is 0 Å². The molecule has 0 saturated carbocycles. The number of anilines is 1. The average molecular weight is 484 g/mol. The Kier molecular flexibility index (Phi) is 7.27. The van der Waals surface area contributed by atoms with E-state index in [-0.39, 0.29) is 38.9 Å². The van der Waals surface area contributed by atoms with Crippen molar-refractivity contribution < 1.29 is 32.2 Å². The summed E-state index contributed by atoms with van der Waals surface area (Å²) >= 11 is 0. The van der Waals surface area contributed by atoms with E-state index in [1.54, 1.807) is 12.1 Å². The van der Waals surface area contributed by atoms with Gasteiger partial charge in [-0.05, 0) is 60.6 Å². The van der Waals surface area contributed by atoms with E-state index >= 15 is 0 Å². The number of nitrogens with one attached hydrogen (secondary N) is 1. The summed E-state index contributed by atoms with van der Waals surface area (Å²) in [4.78, 5) is 35.2. The predicted molar refractivity (Wildman–Crippen MR) is 123 cm³/mol. The van der Waals surface area contributed by atoms with E-state index in [2.05, 4.69) is 14.6 Å². The SMILES string of the molecule is COC(=O)c1cc(Oc2ccc(NS(=O)(=O)c3ccc(C)cc3)c(C(=O)OC)c2)ccc1N=O. The Hall–Kier alpha value is -4.25. The highest BCUT2D eigenvalue weighted by Gasteiger charge is 2.21. The first-order valence-electron chi connectivity index (χ1n) is 9.74. The fourth-order valence-electron chi connectivity index (χ4n) is 2.94. The molecule has 3 rings (SSSR count). The van der Waals surface area contributed by atoms with E-state index in [1.807, 2.05) is 6.92 Å². The van der Waals surface area contributed by atoms with Gasteiger partial charge in [-0.25, -0.2) is 18.0 Å². The predicted octanol–water partition coefficient (Wildman–Crippen LogP) is 4.56. The Bertz CT molecular complexity index is 1350. The number of hydrogen-bond acceptors (Lipinski definition) is 9. The Morgan fingerprint density at radius 3 is 1.97 bits per heavy atom. The lowest BCUT2D eigenvalue weighted by Gasteiger charge is -2.14. The van der Waals surface area contributed by atoms with Crippen LogP contribution in [0.1, 0.15) is 26.3 Å². The third kappa shape index (κ3) is 5.38. The minimum absolute atomic E-state index is 0.0180. The van der Waals surface area contributed by atoms with Crippen LogP contribution < -0.4 is 9.46 Å². The highest BCUT2D eigenvalue weighted by Crippen LogP contribution is 2.31. The van der Waals surface area contributed by atoms with Gasteiger partial charge in [-0.3, -0.25) is 4.72 Å². The van der Waals surface area contributed by atoms with Crippen LogP contribution in [0, 0.1) is 11.8 Å². The van der Waals surface area contributed by atoms with Crippen LogP contribution in [0.3, 0.4) is 0 Å². The van der Waals surface area contributed by atoms with Crippen LogP contribution in [0.25, 0.3) is 0 Å². The van der Waals surface area contributed by atoms with E-state index in [0.717, 1.165) is 19.8 Å². The van der Waals surface area contributed by atoms with E-state index in [4.69, 9.17) is 9.47 Å². The summed E-state index contributed by atoms with van der Waals surface area (Å²) < 4.78 is 43.0. The van der Waals surface area contributed by atoms with Gasteiger partial charge in [0.05, 0.1) is 35.9 Å². The first-order valence-corrected chi connectivity index (χ1v) is 11.2. The fourth-order valence-corrected chi connectivity index (χ4v) is 4.02. The number of rotatable bonds is 8. The number of sulfonamides is 1. The van der Waals surface area contributed by atoms with Crippen LogP contribution in [-0.4, -0.2) is 34.6 Å². The highest BCUT2D eigenvalue weighted by molar-refractivity contribution is 7.92. The van der Waals surface area contributed by atoms with Gasteiger partial charge in [0, 0.05) is 0 Å². The zero-order chi connectivity index (χ0) is 24.9. The van der Waals surface area contributed by atoms with Crippen molar-refractivity contribution in [2.75, 3.05) is 18.9 Å². The number of nitroso groups, excluding NO2 is 1. The standard InChI is InChI=1S/C23H20N2O8S/c1-14-4-8-17(9-5-14)34(29,30)25-21-11-7-16(13-19(21)23(27)32-3)33-15-6-10-20(24-28)18(12-15)22(26)31-2/h4-13,25H,1-3H3. The van der Waals surface area contributed by atoms with Crippen LogP contribution in [-0.2, 0) is 19.5 Å². The molecule has 176 valence electrons. The van der Waals surface area contributed by atoms with Gasteiger partial charge >= 0.3 is 11.9 Å². The molecule has 0 amide bonds. The van der Waals surface area contributed by atoms with Crippen molar-refractivity contribution in [3.63, 3.8) is 0 Å². The number of methoxy groups -OCH3 is 2. The number of aryl methyl sites for hydroxylation is 1. The van der Waals surface area contributed by atoms with Gasteiger partial charge in [-0.15, -0.1) is 4.91 Å². The average Bonchev–Trinajstić information content (AvgIpc) is 2.84. The molecule has 11 heteroatoms. The Balaban J connectivity index is 1.95. The van der Waals surface area contributed by atoms with Gasteiger partial charge in [0.1, 0.15) is 17.2 Å². The molecule has 3 aromatic rings. The van der Waals surface area contributed by atoms with Crippen LogP contribution >= 0.6 is 0 Å². The lowest BCUT2D eigenvalue weighted by Crippen LogP contribution is -2.16. The zero-order valence-electron chi connectivity index (χ0n) is 18.4. The molecule has 0 saturated heterocycles. The Morgan fingerprint density at radius 2 is 1.38 bits per heavy atom. The number of esters is 2. The summed E-state index contributed by atoms with van der Waals surface area (Å²) in [6.07, 6.45) is 0. The highest BCUT2D eigenvalue weighted by atomic mass is 32.2. The molecule has 0 radical (unpaired) electrons. The van der Waals surface area contributed by atoms with Crippen molar-refractivity contribution in [1.82, 2.24) is 0 Å². The number of ether oxygens (including phenoxy) is 3. The summed E-state index contributed by atoms with van der Waals surface area (Å²) in [7, 11) is -1.67. The van der Waals surface area contributed by atoms with E-state index in [0.29, 0.717) is 0 Å². The molecule has 0 fully saturated rings. The van der Waals surface area contributed by atoms with Gasteiger partial charge in [0.2, 0.25) is 0 Å². The number of carbonyl (C=O) groups is 2. The van der Waals surface area contributed by atoms with Crippen molar-refractivity contribution in [3.8, 4) is 11.5 Å². The smallest absolute Gasteiger partial charge is 0.340 e. The van der Waals surface area contributed by atoms with Crippen LogP contribution in [0.2, 0.25) is 0 Å². The Labute approximate surface area is 195 Å². The lowest BCUT2D eigenvalue weighted by atomic mass is 10.1. The largest absolute Gasteiger partial charge is 0.465 e. The molecule has 0 aliphatic heterocycles. The number of benzene rings is 3. The molecular weight excluding hydrogens is 464 g/mol. The summed E-state index contributed by atoms with van der Waals surface area (Å²) in [5, 5.41) is 2.78. The Morgan fingerprint density at radius 1 is 0.824 bits per heavy atom. The monoisotopic (exact) mass is 484 g/mol. The molecule has 0 spiro atoms. The molecule has 0 heterocycles. The molecule has 0 bridgehead atoms. The zero-order valence-corrected chi connectivity index (χ0v) is 19.2. The maximum atomic E-state index is 12.8. The van der Waals surface area contributed by atoms with Gasteiger partial charge in [0.25, 0.3) is 10.0 Å². The third-order valence-corrected chi connectivity index (χ3v) is 6.06. The molecule has 3 aromatic carbocycles. The van der Waals surface area contributed by atoms with Crippen molar-refractivity contribution in [3.05, 3.63) is 82.3 Å². The van der Waals surface area contributed by atoms with Gasteiger partial charge < -0.3 is 14.2 Å². The van der Waals surface area contributed by atoms with E-state index < -0.39 is 22.0 Å². The van der Waals surface area contributed by atoms with Crippen molar-refractivity contribution in [2.24, 2.45) is 5.18 Å². The number of nitrogens with zero attached hydrogens (tertiary/aromatic N) is 1. The van der Waals surface area contributed by atoms with Crippen LogP contribution in [0.15, 0.2) is 70.7 Å². The molecule has 0 unspecified atom stereocenters.